The zero-order chi connectivity index (χ0) is 21.8. The number of hydrogen-bond acceptors (Lipinski definition) is 5. The fourth-order valence-corrected chi connectivity index (χ4v) is 3.23. The lowest BCUT2D eigenvalue weighted by Crippen LogP contribution is -2.13. The standard InChI is InChI=1S/C22H19Cl2FN2O3/c1-12-3-5-13(6-4-12)10-30-11-18(28)21-19(24)16(26)9-17(27-21)14-7-8-15(23)22(29-2)20(14)25/h3-9H,10-11H2,1-2H3,(H2,26,27). The van der Waals surface area contributed by atoms with Gasteiger partial charge in [0, 0.05) is 5.56 Å². The van der Waals surface area contributed by atoms with Crippen LogP contribution in [0.4, 0.5) is 10.1 Å². The van der Waals surface area contributed by atoms with Crippen molar-refractivity contribution in [1.29, 1.82) is 0 Å². The summed E-state index contributed by atoms with van der Waals surface area (Å²) in [4.78, 5) is 16.9. The number of benzene rings is 2. The second-order valence-corrected chi connectivity index (χ2v) is 7.39. The number of hydrogen-bond donors (Lipinski definition) is 1. The van der Waals surface area contributed by atoms with Crippen LogP contribution >= 0.6 is 23.2 Å². The van der Waals surface area contributed by atoms with E-state index in [1.165, 1.54) is 25.3 Å². The average Bonchev–Trinajstić information content (AvgIpc) is 2.72. The summed E-state index contributed by atoms with van der Waals surface area (Å²) in [6.07, 6.45) is 0. The molecule has 30 heavy (non-hydrogen) atoms. The summed E-state index contributed by atoms with van der Waals surface area (Å²) in [5, 5.41) is 0.102. The number of nitrogen functional groups attached to an aromatic ring is 1. The summed E-state index contributed by atoms with van der Waals surface area (Å²) in [5.41, 5.74) is 8.20. The minimum atomic E-state index is -0.715. The number of nitrogens with zero attached hydrogens (tertiary/aromatic N) is 1. The van der Waals surface area contributed by atoms with Gasteiger partial charge < -0.3 is 15.2 Å². The zero-order valence-corrected chi connectivity index (χ0v) is 17.9. The number of rotatable bonds is 7. The largest absolute Gasteiger partial charge is 0.492 e. The van der Waals surface area contributed by atoms with E-state index in [4.69, 9.17) is 38.4 Å². The fraction of sp³-hybridized carbons (Fsp3) is 0.182. The van der Waals surface area contributed by atoms with Crippen LogP contribution in [0.2, 0.25) is 10.0 Å². The molecule has 0 aliphatic carbocycles. The van der Waals surface area contributed by atoms with E-state index in [-0.39, 0.29) is 51.6 Å². The van der Waals surface area contributed by atoms with Crippen LogP contribution in [0.5, 0.6) is 5.75 Å². The van der Waals surface area contributed by atoms with Gasteiger partial charge in [0.05, 0.1) is 35.1 Å². The highest BCUT2D eigenvalue weighted by Gasteiger charge is 2.21. The van der Waals surface area contributed by atoms with E-state index in [0.29, 0.717) is 0 Å². The molecule has 0 saturated heterocycles. The maximum Gasteiger partial charge on any atom is 0.208 e. The molecule has 0 aliphatic rings. The number of carbonyl (C=O) groups excluding carboxylic acids is 1. The molecule has 5 nitrogen and oxygen atoms in total. The molecule has 1 heterocycles. The molecule has 0 fully saturated rings. The number of carbonyl (C=O) groups is 1. The first-order valence-corrected chi connectivity index (χ1v) is 9.72. The van der Waals surface area contributed by atoms with Gasteiger partial charge in [-0.1, -0.05) is 53.0 Å². The minimum Gasteiger partial charge on any atom is -0.492 e. The summed E-state index contributed by atoms with van der Waals surface area (Å²) in [6.45, 7) is 1.98. The zero-order valence-electron chi connectivity index (χ0n) is 16.3. The second kappa shape index (κ2) is 9.43. The van der Waals surface area contributed by atoms with Crippen LogP contribution in [0, 0.1) is 12.7 Å². The van der Waals surface area contributed by atoms with E-state index in [9.17, 15) is 9.18 Å². The first-order chi connectivity index (χ1) is 14.3. The maximum atomic E-state index is 14.8. The first kappa shape index (κ1) is 22.0. The van der Waals surface area contributed by atoms with Gasteiger partial charge in [0.25, 0.3) is 0 Å². The van der Waals surface area contributed by atoms with E-state index in [1.54, 1.807) is 0 Å². The highest BCUT2D eigenvalue weighted by Crippen LogP contribution is 2.36. The van der Waals surface area contributed by atoms with Crippen LogP contribution in [0.3, 0.4) is 0 Å². The summed E-state index contributed by atoms with van der Waals surface area (Å²) in [6, 6.07) is 12.0. The third-order valence-corrected chi connectivity index (χ3v) is 5.10. The normalized spacial score (nSPS) is 10.8. The van der Waals surface area contributed by atoms with Crippen LogP contribution in [0.25, 0.3) is 11.3 Å². The smallest absolute Gasteiger partial charge is 0.208 e. The summed E-state index contributed by atoms with van der Waals surface area (Å²) >= 11 is 12.1. The number of ketones is 1. The number of Topliss-reactive ketones (excluding diaryl/α,β-unsaturated/α-hetero) is 1. The van der Waals surface area contributed by atoms with Crippen molar-refractivity contribution in [3.05, 3.63) is 75.1 Å². The number of nitrogens with two attached hydrogens (primary N) is 1. The molecule has 2 aromatic carbocycles. The number of ether oxygens (including phenoxy) is 2. The van der Waals surface area contributed by atoms with Gasteiger partial charge in [-0.2, -0.15) is 0 Å². The summed E-state index contributed by atoms with van der Waals surface area (Å²) < 4.78 is 25.3. The van der Waals surface area contributed by atoms with Gasteiger partial charge in [-0.25, -0.2) is 9.37 Å². The lowest BCUT2D eigenvalue weighted by atomic mass is 10.1. The molecule has 3 aromatic rings. The molecule has 0 spiro atoms. The van der Waals surface area contributed by atoms with Gasteiger partial charge in [-0.05, 0) is 30.7 Å². The van der Waals surface area contributed by atoms with Gasteiger partial charge in [0.15, 0.2) is 11.6 Å². The first-order valence-electron chi connectivity index (χ1n) is 8.96. The van der Waals surface area contributed by atoms with Crippen molar-refractivity contribution in [2.45, 2.75) is 13.5 Å². The van der Waals surface area contributed by atoms with E-state index in [1.807, 2.05) is 31.2 Å². The Bertz CT molecular complexity index is 1090. The van der Waals surface area contributed by atoms with E-state index in [2.05, 4.69) is 4.98 Å². The van der Waals surface area contributed by atoms with Gasteiger partial charge in [-0.3, -0.25) is 4.79 Å². The summed E-state index contributed by atoms with van der Waals surface area (Å²) in [5.74, 6) is -1.31. The molecule has 1 aromatic heterocycles. The molecule has 0 radical (unpaired) electrons. The minimum absolute atomic E-state index is 0.0102. The molecule has 0 amide bonds. The Morgan fingerprint density at radius 3 is 2.53 bits per heavy atom. The molecule has 3 rings (SSSR count). The van der Waals surface area contributed by atoms with E-state index >= 15 is 0 Å². The third kappa shape index (κ3) is 4.73. The van der Waals surface area contributed by atoms with E-state index in [0.717, 1.165) is 11.1 Å². The van der Waals surface area contributed by atoms with Crippen LogP contribution in [-0.2, 0) is 11.3 Å². The fourth-order valence-electron chi connectivity index (χ4n) is 2.80. The van der Waals surface area contributed by atoms with Crippen molar-refractivity contribution in [3.8, 4) is 17.0 Å². The average molecular weight is 449 g/mol. The maximum absolute atomic E-state index is 14.8. The molecule has 0 unspecified atom stereocenters. The van der Waals surface area contributed by atoms with E-state index < -0.39 is 11.6 Å². The number of methoxy groups -OCH3 is 1. The highest BCUT2D eigenvalue weighted by atomic mass is 35.5. The molecular weight excluding hydrogens is 430 g/mol. The van der Waals surface area contributed by atoms with Crippen LogP contribution in [0.15, 0.2) is 42.5 Å². The Morgan fingerprint density at radius 1 is 1.17 bits per heavy atom. The molecule has 0 saturated carbocycles. The van der Waals surface area contributed by atoms with Crippen molar-refractivity contribution >= 4 is 34.7 Å². The molecule has 2 N–H and O–H groups in total. The van der Waals surface area contributed by atoms with Gasteiger partial charge in [0.1, 0.15) is 12.3 Å². The molecular formula is C22H19Cl2FN2O3. The lowest BCUT2D eigenvalue weighted by Gasteiger charge is -2.12. The quantitative estimate of drug-likeness (QED) is 0.483. The van der Waals surface area contributed by atoms with Crippen molar-refractivity contribution in [3.63, 3.8) is 0 Å². The topological polar surface area (TPSA) is 74.4 Å². The van der Waals surface area contributed by atoms with Gasteiger partial charge >= 0.3 is 0 Å². The number of anilines is 1. The third-order valence-electron chi connectivity index (χ3n) is 4.40. The predicted octanol–water partition coefficient (Wildman–Crippen LogP) is 5.49. The number of pyridine rings is 1. The number of aromatic nitrogens is 1. The highest BCUT2D eigenvalue weighted by molar-refractivity contribution is 6.36. The van der Waals surface area contributed by atoms with Crippen molar-refractivity contribution in [2.75, 3.05) is 19.5 Å². The van der Waals surface area contributed by atoms with Crippen molar-refractivity contribution in [1.82, 2.24) is 4.98 Å². The molecule has 0 aliphatic heterocycles. The van der Waals surface area contributed by atoms with Crippen LogP contribution < -0.4 is 10.5 Å². The Hall–Kier alpha value is -2.67. The molecule has 0 atom stereocenters. The predicted molar refractivity (Wildman–Crippen MR) is 116 cm³/mol. The van der Waals surface area contributed by atoms with Crippen LogP contribution in [-0.4, -0.2) is 24.5 Å². The lowest BCUT2D eigenvalue weighted by molar-refractivity contribution is 0.0722. The molecule has 0 bridgehead atoms. The van der Waals surface area contributed by atoms with Crippen molar-refractivity contribution < 1.29 is 18.7 Å². The SMILES string of the molecule is COc1c(Cl)ccc(-c2cc(N)c(Cl)c(C(=O)COCc3ccc(C)cc3)n2)c1F. The Kier molecular flexibility index (Phi) is 6.92. The Balaban J connectivity index is 1.84. The Labute approximate surface area is 183 Å². The summed E-state index contributed by atoms with van der Waals surface area (Å²) in [7, 11) is 1.30. The number of aryl methyl sites for hydroxylation is 1. The Morgan fingerprint density at radius 2 is 1.87 bits per heavy atom. The van der Waals surface area contributed by atoms with Gasteiger partial charge in [-0.15, -0.1) is 0 Å². The molecule has 8 heteroatoms. The monoisotopic (exact) mass is 448 g/mol. The molecule has 156 valence electrons. The second-order valence-electron chi connectivity index (χ2n) is 6.60. The van der Waals surface area contributed by atoms with Crippen molar-refractivity contribution in [2.24, 2.45) is 0 Å². The number of halogens is 3. The van der Waals surface area contributed by atoms with Gasteiger partial charge in [0.2, 0.25) is 5.78 Å². The van der Waals surface area contributed by atoms with Crippen LogP contribution in [0.1, 0.15) is 21.6 Å².